The average molecular weight is 138 g/mol. The van der Waals surface area contributed by atoms with Crippen LogP contribution in [0, 0.1) is 23.7 Å². The Bertz CT molecular complexity index is 138. The molecule has 0 N–H and O–H groups in total. The molecule has 0 spiro atoms. The molecule has 0 amide bonds. The van der Waals surface area contributed by atoms with E-state index in [-0.39, 0.29) is 0 Å². The van der Waals surface area contributed by atoms with Crippen molar-refractivity contribution >= 4 is 0 Å². The van der Waals surface area contributed by atoms with Crippen molar-refractivity contribution < 1.29 is 4.74 Å². The molecule has 2 bridgehead atoms. The smallest absolute Gasteiger partial charge is 0.0497 e. The average Bonchev–Trinajstić information content (AvgIpc) is 2.40. The van der Waals surface area contributed by atoms with Crippen LogP contribution in [0.1, 0.15) is 19.3 Å². The standard InChI is InChI=1S/C9H14O/c1-6-2-8-5-10-4-7(1)9(8)3-6/h6-9H,1-5H2. The van der Waals surface area contributed by atoms with Gasteiger partial charge in [-0.15, -0.1) is 0 Å². The molecular formula is C9H14O. The number of hydrogen-bond donors (Lipinski definition) is 0. The molecule has 1 aliphatic heterocycles. The molecule has 2 atom stereocenters. The Balaban J connectivity index is 1.91. The van der Waals surface area contributed by atoms with Gasteiger partial charge in [0.1, 0.15) is 0 Å². The van der Waals surface area contributed by atoms with Crippen molar-refractivity contribution in [1.29, 1.82) is 0 Å². The predicted octanol–water partition coefficient (Wildman–Crippen LogP) is 1.68. The van der Waals surface area contributed by atoms with Gasteiger partial charge in [0, 0.05) is 13.2 Å². The second-order valence-corrected chi connectivity index (χ2v) is 4.29. The first-order valence-electron chi connectivity index (χ1n) is 4.51. The molecule has 3 aliphatic rings. The van der Waals surface area contributed by atoms with Gasteiger partial charge in [0.15, 0.2) is 0 Å². The maximum Gasteiger partial charge on any atom is 0.0497 e. The first-order valence-corrected chi connectivity index (χ1v) is 4.51. The van der Waals surface area contributed by atoms with Gasteiger partial charge in [0.2, 0.25) is 0 Å². The highest BCUT2D eigenvalue weighted by molar-refractivity contribution is 4.97. The lowest BCUT2D eigenvalue weighted by Gasteiger charge is -2.34. The molecule has 56 valence electrons. The summed E-state index contributed by atoms with van der Waals surface area (Å²) in [7, 11) is 0. The molecule has 1 saturated heterocycles. The summed E-state index contributed by atoms with van der Waals surface area (Å²) in [6.45, 7) is 2.16. The van der Waals surface area contributed by atoms with Gasteiger partial charge in [0.05, 0.1) is 0 Å². The van der Waals surface area contributed by atoms with Crippen molar-refractivity contribution in [3.05, 3.63) is 0 Å². The molecule has 10 heavy (non-hydrogen) atoms. The van der Waals surface area contributed by atoms with Crippen LogP contribution >= 0.6 is 0 Å². The van der Waals surface area contributed by atoms with E-state index >= 15 is 0 Å². The van der Waals surface area contributed by atoms with Gasteiger partial charge in [-0.1, -0.05) is 0 Å². The number of hydrogen-bond acceptors (Lipinski definition) is 1. The zero-order valence-electron chi connectivity index (χ0n) is 6.25. The zero-order chi connectivity index (χ0) is 6.55. The number of rotatable bonds is 0. The monoisotopic (exact) mass is 138 g/mol. The fourth-order valence-corrected chi connectivity index (χ4v) is 3.40. The molecule has 1 heteroatoms. The summed E-state index contributed by atoms with van der Waals surface area (Å²) >= 11 is 0. The van der Waals surface area contributed by atoms with E-state index in [9.17, 15) is 0 Å². The summed E-state index contributed by atoms with van der Waals surface area (Å²) in [6.07, 6.45) is 4.51. The van der Waals surface area contributed by atoms with Gasteiger partial charge in [-0.3, -0.25) is 0 Å². The van der Waals surface area contributed by atoms with Crippen LogP contribution in [0.3, 0.4) is 0 Å². The molecule has 0 aromatic carbocycles. The van der Waals surface area contributed by atoms with E-state index in [1.807, 2.05) is 0 Å². The first-order chi connectivity index (χ1) is 4.93. The molecule has 0 aromatic rings. The summed E-state index contributed by atoms with van der Waals surface area (Å²) in [5, 5.41) is 0. The van der Waals surface area contributed by atoms with Gasteiger partial charge in [-0.05, 0) is 42.9 Å². The minimum Gasteiger partial charge on any atom is -0.381 e. The van der Waals surface area contributed by atoms with E-state index in [0.717, 1.165) is 36.9 Å². The highest BCUT2D eigenvalue weighted by Gasteiger charge is 2.48. The Morgan fingerprint density at radius 1 is 0.900 bits per heavy atom. The second-order valence-electron chi connectivity index (χ2n) is 4.29. The van der Waals surface area contributed by atoms with Crippen LogP contribution in [0.2, 0.25) is 0 Å². The third-order valence-corrected chi connectivity index (χ3v) is 3.75. The third kappa shape index (κ3) is 0.572. The maximum atomic E-state index is 5.53. The lowest BCUT2D eigenvalue weighted by Crippen LogP contribution is -2.33. The van der Waals surface area contributed by atoms with E-state index in [1.54, 1.807) is 6.42 Å². The topological polar surface area (TPSA) is 9.23 Å². The van der Waals surface area contributed by atoms with Crippen LogP contribution in [0.5, 0.6) is 0 Å². The highest BCUT2D eigenvalue weighted by atomic mass is 16.5. The van der Waals surface area contributed by atoms with E-state index < -0.39 is 0 Å². The summed E-state index contributed by atoms with van der Waals surface area (Å²) in [4.78, 5) is 0. The van der Waals surface area contributed by atoms with Crippen LogP contribution in [0.15, 0.2) is 0 Å². The lowest BCUT2D eigenvalue weighted by molar-refractivity contribution is -0.0242. The Kier molecular flexibility index (Phi) is 0.984. The van der Waals surface area contributed by atoms with Gasteiger partial charge in [-0.25, -0.2) is 0 Å². The molecule has 3 fully saturated rings. The van der Waals surface area contributed by atoms with E-state index in [2.05, 4.69) is 0 Å². The SMILES string of the molecule is C1OCC2CC3CC1C2C3. The fraction of sp³-hybridized carbons (Fsp3) is 1.00. The van der Waals surface area contributed by atoms with Crippen LogP contribution in [-0.4, -0.2) is 13.2 Å². The van der Waals surface area contributed by atoms with Crippen molar-refractivity contribution in [2.75, 3.05) is 13.2 Å². The quantitative estimate of drug-likeness (QED) is 0.495. The Morgan fingerprint density at radius 3 is 2.10 bits per heavy atom. The third-order valence-electron chi connectivity index (χ3n) is 3.75. The maximum absolute atomic E-state index is 5.53. The van der Waals surface area contributed by atoms with Crippen molar-refractivity contribution in [2.45, 2.75) is 19.3 Å². The van der Waals surface area contributed by atoms with Crippen molar-refractivity contribution in [3.63, 3.8) is 0 Å². The normalized spacial score (nSPS) is 57.6. The van der Waals surface area contributed by atoms with Gasteiger partial charge in [-0.2, -0.15) is 0 Å². The van der Waals surface area contributed by atoms with Crippen LogP contribution in [0.25, 0.3) is 0 Å². The van der Waals surface area contributed by atoms with Crippen molar-refractivity contribution in [2.24, 2.45) is 23.7 Å². The summed E-state index contributed by atoms with van der Waals surface area (Å²) in [5.41, 5.74) is 0. The number of ether oxygens (including phenoxy) is 1. The van der Waals surface area contributed by atoms with E-state index in [0.29, 0.717) is 0 Å². The second kappa shape index (κ2) is 1.76. The Labute approximate surface area is 61.8 Å². The summed E-state index contributed by atoms with van der Waals surface area (Å²) in [6, 6.07) is 0. The molecule has 2 saturated carbocycles. The van der Waals surface area contributed by atoms with Crippen molar-refractivity contribution in [1.82, 2.24) is 0 Å². The van der Waals surface area contributed by atoms with Crippen molar-refractivity contribution in [3.8, 4) is 0 Å². The van der Waals surface area contributed by atoms with E-state index in [4.69, 9.17) is 4.74 Å². The Hall–Kier alpha value is -0.0400. The molecule has 3 rings (SSSR count). The highest BCUT2D eigenvalue weighted by Crippen LogP contribution is 2.53. The summed E-state index contributed by atoms with van der Waals surface area (Å²) in [5.74, 6) is 4.12. The molecule has 1 nitrogen and oxygen atoms in total. The molecule has 0 radical (unpaired) electrons. The zero-order valence-corrected chi connectivity index (χ0v) is 6.25. The van der Waals surface area contributed by atoms with E-state index in [1.165, 1.54) is 12.8 Å². The predicted molar refractivity (Wildman–Crippen MR) is 38.6 cm³/mol. The minimum absolute atomic E-state index is 0.970. The number of fused-ring (bicyclic) bond motifs is 1. The largest absolute Gasteiger partial charge is 0.381 e. The molecule has 2 aliphatic carbocycles. The van der Waals surface area contributed by atoms with Crippen LogP contribution in [0.4, 0.5) is 0 Å². The van der Waals surface area contributed by atoms with Gasteiger partial charge >= 0.3 is 0 Å². The van der Waals surface area contributed by atoms with Gasteiger partial charge < -0.3 is 4.74 Å². The molecular weight excluding hydrogens is 124 g/mol. The molecule has 0 aromatic heterocycles. The molecule has 2 unspecified atom stereocenters. The van der Waals surface area contributed by atoms with Crippen LogP contribution < -0.4 is 0 Å². The molecule has 1 heterocycles. The minimum atomic E-state index is 0.970. The first kappa shape index (κ1) is 5.59. The fourth-order valence-electron chi connectivity index (χ4n) is 3.40. The van der Waals surface area contributed by atoms with Gasteiger partial charge in [0.25, 0.3) is 0 Å². The lowest BCUT2D eigenvalue weighted by atomic mass is 9.80. The summed E-state index contributed by atoms with van der Waals surface area (Å²) < 4.78 is 5.53. The Morgan fingerprint density at radius 2 is 1.60 bits per heavy atom. The van der Waals surface area contributed by atoms with Crippen LogP contribution in [-0.2, 0) is 4.74 Å².